The van der Waals surface area contributed by atoms with Crippen molar-refractivity contribution in [2.75, 3.05) is 23.4 Å². The number of ether oxygens (including phenoxy) is 2. The first-order chi connectivity index (χ1) is 19.6. The van der Waals surface area contributed by atoms with Crippen molar-refractivity contribution in [3.8, 4) is 11.5 Å². The second-order valence-corrected chi connectivity index (χ2v) is 12.6. The van der Waals surface area contributed by atoms with E-state index in [2.05, 4.69) is 5.32 Å². The summed E-state index contributed by atoms with van der Waals surface area (Å²) >= 11 is 6.25. The summed E-state index contributed by atoms with van der Waals surface area (Å²) in [7, 11) is -3.89. The summed E-state index contributed by atoms with van der Waals surface area (Å²) in [4.78, 5) is 29.2. The Balaban J connectivity index is 1.75. The molecule has 3 aromatic rings. The number of fused-ring (bicyclic) bond motifs is 1. The van der Waals surface area contributed by atoms with Crippen molar-refractivity contribution in [1.82, 2.24) is 10.2 Å². The summed E-state index contributed by atoms with van der Waals surface area (Å²) in [5, 5.41) is 3.41. The standard InChI is InChI=1S/C30H34ClN3O6S/c1-4-41(37,38)34(25-13-14-27-28(17-25)40-20-39-27)19-29(35)33(18-23-11-8-12-24(31)15-23)26(30(36)32-21(2)3)16-22-9-6-5-7-10-22/h5-15,17,21,26H,4,16,18-20H2,1-3H3,(H,32,36)/t26-/m0/s1. The lowest BCUT2D eigenvalue weighted by Gasteiger charge is -2.34. The van der Waals surface area contributed by atoms with Gasteiger partial charge in [0.25, 0.3) is 0 Å². The van der Waals surface area contributed by atoms with Crippen LogP contribution in [0.3, 0.4) is 0 Å². The number of rotatable bonds is 12. The molecule has 1 heterocycles. The van der Waals surface area contributed by atoms with Crippen molar-refractivity contribution < 1.29 is 27.5 Å². The van der Waals surface area contributed by atoms with Gasteiger partial charge in [-0.05, 0) is 56.2 Å². The topological polar surface area (TPSA) is 105 Å². The first kappa shape index (κ1) is 30.2. The first-order valence-electron chi connectivity index (χ1n) is 13.4. The Morgan fingerprint density at radius 2 is 1.66 bits per heavy atom. The predicted molar refractivity (Wildman–Crippen MR) is 159 cm³/mol. The summed E-state index contributed by atoms with van der Waals surface area (Å²) < 4.78 is 38.4. The molecule has 0 saturated heterocycles. The average Bonchev–Trinajstić information content (AvgIpc) is 3.41. The zero-order chi connectivity index (χ0) is 29.6. The molecule has 0 unspecified atom stereocenters. The van der Waals surface area contributed by atoms with Gasteiger partial charge in [0, 0.05) is 30.1 Å². The zero-order valence-corrected chi connectivity index (χ0v) is 24.8. The monoisotopic (exact) mass is 599 g/mol. The summed E-state index contributed by atoms with van der Waals surface area (Å²) in [6.07, 6.45) is 0.232. The van der Waals surface area contributed by atoms with Crippen LogP contribution in [0.1, 0.15) is 31.9 Å². The van der Waals surface area contributed by atoms with Gasteiger partial charge < -0.3 is 19.7 Å². The SMILES string of the molecule is CCS(=O)(=O)N(CC(=O)N(Cc1cccc(Cl)c1)[C@@H](Cc1ccccc1)C(=O)NC(C)C)c1ccc2c(c1)OCO2. The summed E-state index contributed by atoms with van der Waals surface area (Å²) in [5.41, 5.74) is 1.82. The summed E-state index contributed by atoms with van der Waals surface area (Å²) in [5.74, 6) is -0.235. The largest absolute Gasteiger partial charge is 0.454 e. The number of hydrogen-bond acceptors (Lipinski definition) is 6. The van der Waals surface area contributed by atoms with Crippen molar-refractivity contribution in [3.63, 3.8) is 0 Å². The first-order valence-corrected chi connectivity index (χ1v) is 15.3. The lowest BCUT2D eigenvalue weighted by molar-refractivity contribution is -0.140. The highest BCUT2D eigenvalue weighted by molar-refractivity contribution is 7.92. The van der Waals surface area contributed by atoms with Crippen molar-refractivity contribution in [2.24, 2.45) is 0 Å². The van der Waals surface area contributed by atoms with Gasteiger partial charge in [0.2, 0.25) is 28.6 Å². The molecule has 0 bridgehead atoms. The van der Waals surface area contributed by atoms with Crippen molar-refractivity contribution in [1.29, 1.82) is 0 Å². The molecule has 0 aliphatic carbocycles. The zero-order valence-electron chi connectivity index (χ0n) is 23.2. The Labute approximate surface area is 246 Å². The average molecular weight is 600 g/mol. The number of nitrogens with one attached hydrogen (secondary N) is 1. The maximum atomic E-state index is 14.2. The van der Waals surface area contributed by atoms with E-state index in [0.29, 0.717) is 22.1 Å². The Hall–Kier alpha value is -3.76. The van der Waals surface area contributed by atoms with E-state index in [-0.39, 0.29) is 43.1 Å². The molecule has 218 valence electrons. The van der Waals surface area contributed by atoms with Crippen LogP contribution >= 0.6 is 11.6 Å². The van der Waals surface area contributed by atoms with Crippen LogP contribution in [0.2, 0.25) is 5.02 Å². The van der Waals surface area contributed by atoms with Gasteiger partial charge in [-0.25, -0.2) is 8.42 Å². The number of amides is 2. The van der Waals surface area contributed by atoms with Crippen molar-refractivity contribution in [3.05, 3.63) is 88.9 Å². The fourth-order valence-electron chi connectivity index (χ4n) is 4.53. The molecule has 4 rings (SSSR count). The number of benzene rings is 3. The van der Waals surface area contributed by atoms with Gasteiger partial charge in [0.1, 0.15) is 12.6 Å². The molecule has 2 amide bonds. The van der Waals surface area contributed by atoms with Gasteiger partial charge in [-0.1, -0.05) is 54.1 Å². The Morgan fingerprint density at radius 1 is 0.951 bits per heavy atom. The maximum Gasteiger partial charge on any atom is 0.244 e. The lowest BCUT2D eigenvalue weighted by atomic mass is 10.0. The van der Waals surface area contributed by atoms with Crippen molar-refractivity contribution in [2.45, 2.75) is 45.8 Å². The van der Waals surface area contributed by atoms with E-state index in [4.69, 9.17) is 21.1 Å². The Morgan fingerprint density at radius 3 is 2.34 bits per heavy atom. The highest BCUT2D eigenvalue weighted by Gasteiger charge is 2.34. The fourth-order valence-corrected chi connectivity index (χ4v) is 5.79. The van der Waals surface area contributed by atoms with Crippen LogP contribution in [0, 0.1) is 0 Å². The number of sulfonamides is 1. The summed E-state index contributed by atoms with van der Waals surface area (Å²) in [6, 6.07) is 20.0. The molecule has 1 aliphatic rings. The van der Waals surface area contributed by atoms with Crippen LogP contribution < -0.4 is 19.1 Å². The van der Waals surface area contributed by atoms with Gasteiger partial charge in [-0.2, -0.15) is 0 Å². The third-order valence-corrected chi connectivity index (χ3v) is 8.54. The van der Waals surface area contributed by atoms with E-state index in [9.17, 15) is 18.0 Å². The van der Waals surface area contributed by atoms with Crippen LogP contribution in [-0.4, -0.2) is 56.3 Å². The Bertz CT molecular complexity index is 1480. The van der Waals surface area contributed by atoms with E-state index in [1.54, 1.807) is 30.3 Å². The molecule has 0 saturated carbocycles. The molecule has 41 heavy (non-hydrogen) atoms. The van der Waals surface area contributed by atoms with Crippen LogP contribution in [-0.2, 0) is 32.6 Å². The quantitative estimate of drug-likeness (QED) is 0.331. The molecule has 3 aromatic carbocycles. The number of carbonyl (C=O) groups is 2. The fraction of sp³-hybridized carbons (Fsp3) is 0.333. The molecule has 0 spiro atoms. The number of carbonyl (C=O) groups excluding carboxylic acids is 2. The number of halogens is 1. The van der Waals surface area contributed by atoms with Crippen LogP contribution in [0.15, 0.2) is 72.8 Å². The summed E-state index contributed by atoms with van der Waals surface area (Å²) in [6.45, 7) is 4.75. The van der Waals surface area contributed by atoms with E-state index < -0.39 is 28.5 Å². The minimum Gasteiger partial charge on any atom is -0.454 e. The third-order valence-electron chi connectivity index (χ3n) is 6.57. The molecule has 11 heteroatoms. The van der Waals surface area contributed by atoms with Gasteiger partial charge in [-0.15, -0.1) is 0 Å². The van der Waals surface area contributed by atoms with Crippen LogP contribution in [0.4, 0.5) is 5.69 Å². The molecule has 0 fully saturated rings. The highest BCUT2D eigenvalue weighted by atomic mass is 35.5. The molecule has 0 aromatic heterocycles. The van der Waals surface area contributed by atoms with E-state index in [1.165, 1.54) is 17.9 Å². The van der Waals surface area contributed by atoms with E-state index >= 15 is 0 Å². The predicted octanol–water partition coefficient (Wildman–Crippen LogP) is 4.39. The smallest absolute Gasteiger partial charge is 0.244 e. The van der Waals surface area contributed by atoms with Gasteiger partial charge in [0.15, 0.2) is 11.5 Å². The third kappa shape index (κ3) is 7.71. The minimum absolute atomic E-state index is 0.0256. The molecule has 1 N–H and O–H groups in total. The van der Waals surface area contributed by atoms with Crippen LogP contribution in [0.5, 0.6) is 11.5 Å². The molecular formula is C30H34ClN3O6S. The van der Waals surface area contributed by atoms with Crippen LogP contribution in [0.25, 0.3) is 0 Å². The molecule has 1 aliphatic heterocycles. The maximum absolute atomic E-state index is 14.2. The Kier molecular flexibility index (Phi) is 9.77. The number of hydrogen-bond donors (Lipinski definition) is 1. The van der Waals surface area contributed by atoms with E-state index in [1.807, 2.05) is 50.2 Å². The highest BCUT2D eigenvalue weighted by Crippen LogP contribution is 2.36. The van der Waals surface area contributed by atoms with Gasteiger partial charge in [0.05, 0.1) is 11.4 Å². The van der Waals surface area contributed by atoms with Gasteiger partial charge >= 0.3 is 0 Å². The molecule has 1 atom stereocenters. The molecular weight excluding hydrogens is 566 g/mol. The number of nitrogens with zero attached hydrogens (tertiary/aromatic N) is 2. The normalized spacial score (nSPS) is 13.1. The lowest BCUT2D eigenvalue weighted by Crippen LogP contribution is -2.54. The molecule has 0 radical (unpaired) electrons. The van der Waals surface area contributed by atoms with Gasteiger partial charge in [-0.3, -0.25) is 13.9 Å². The molecule has 9 nitrogen and oxygen atoms in total. The second kappa shape index (κ2) is 13.3. The van der Waals surface area contributed by atoms with E-state index in [0.717, 1.165) is 9.87 Å². The minimum atomic E-state index is -3.89. The van der Waals surface area contributed by atoms with Crippen molar-refractivity contribution >= 4 is 39.1 Å². The second-order valence-electron chi connectivity index (χ2n) is 9.97. The number of anilines is 1.